The topological polar surface area (TPSA) is 20.2 Å². The summed E-state index contributed by atoms with van der Waals surface area (Å²) in [7, 11) is 0. The van der Waals surface area contributed by atoms with Crippen LogP contribution >= 0.6 is 0 Å². The van der Waals surface area contributed by atoms with Gasteiger partial charge in [0.25, 0.3) is 0 Å². The van der Waals surface area contributed by atoms with Crippen molar-refractivity contribution in [1.29, 1.82) is 0 Å². The number of aliphatic hydroxyl groups is 1. The summed E-state index contributed by atoms with van der Waals surface area (Å²) < 4.78 is 0. The molecular formula is C6H8O. The van der Waals surface area contributed by atoms with E-state index < -0.39 is 0 Å². The minimum absolute atomic E-state index is 0.409. The molecule has 0 aromatic rings. The number of aliphatic hydroxyl groups excluding tert-OH is 1. The first-order chi connectivity index (χ1) is 3.39. The number of hydrogen-bond donors (Lipinski definition) is 1. The zero-order valence-electron chi connectivity index (χ0n) is 4.15. The van der Waals surface area contributed by atoms with Crippen molar-refractivity contribution in [2.45, 2.75) is 19.3 Å². The molecule has 0 radical (unpaired) electrons. The van der Waals surface area contributed by atoms with Crippen LogP contribution in [-0.2, 0) is 0 Å². The molecule has 7 heavy (non-hydrogen) atoms. The van der Waals surface area contributed by atoms with Crippen molar-refractivity contribution >= 4 is 0 Å². The molecule has 0 spiro atoms. The maximum atomic E-state index is 8.68. The zero-order valence-corrected chi connectivity index (χ0v) is 4.15. The summed E-state index contributed by atoms with van der Waals surface area (Å²) in [6, 6.07) is 0. The standard InChI is InChI=1S/C6H8O/c7-6-4-2-1-3-5-6/h2,7H,1,3,5H2. The Balaban J connectivity index is 2.68. The molecule has 38 valence electrons. The SMILES string of the molecule is OC1=C=CCCC1. The van der Waals surface area contributed by atoms with E-state index in [0.29, 0.717) is 5.76 Å². The summed E-state index contributed by atoms with van der Waals surface area (Å²) in [6.07, 6.45) is 4.85. The van der Waals surface area contributed by atoms with E-state index in [1.807, 2.05) is 6.08 Å². The highest BCUT2D eigenvalue weighted by Crippen LogP contribution is 2.07. The Morgan fingerprint density at radius 2 is 2.57 bits per heavy atom. The lowest BCUT2D eigenvalue weighted by atomic mass is 10.1. The Labute approximate surface area is 43.0 Å². The summed E-state index contributed by atoms with van der Waals surface area (Å²) in [6.45, 7) is 0. The Bertz CT molecular complexity index is 118. The molecule has 1 aliphatic carbocycles. The highest BCUT2D eigenvalue weighted by atomic mass is 16.3. The van der Waals surface area contributed by atoms with E-state index in [1.54, 1.807) is 0 Å². The molecule has 0 aromatic heterocycles. The lowest BCUT2D eigenvalue weighted by Crippen LogP contribution is -1.82. The van der Waals surface area contributed by atoms with Crippen LogP contribution in [0.5, 0.6) is 0 Å². The molecule has 1 aliphatic rings. The highest BCUT2D eigenvalue weighted by Gasteiger charge is 1.93. The molecular weight excluding hydrogens is 88.1 g/mol. The predicted octanol–water partition coefficient (Wildman–Crippen LogP) is 1.77. The van der Waals surface area contributed by atoms with Crippen LogP contribution in [0.25, 0.3) is 0 Å². The van der Waals surface area contributed by atoms with Crippen LogP contribution in [-0.4, -0.2) is 5.11 Å². The molecule has 0 aromatic carbocycles. The molecule has 1 heteroatoms. The Morgan fingerprint density at radius 1 is 1.71 bits per heavy atom. The minimum Gasteiger partial charge on any atom is -0.505 e. The third-order valence-corrected chi connectivity index (χ3v) is 1.03. The summed E-state index contributed by atoms with van der Waals surface area (Å²) in [5.74, 6) is 0.409. The first kappa shape index (κ1) is 4.48. The molecule has 0 heterocycles. The fraction of sp³-hybridized carbons (Fsp3) is 0.500. The Morgan fingerprint density at radius 3 is 2.86 bits per heavy atom. The summed E-state index contributed by atoms with van der Waals surface area (Å²) in [5.41, 5.74) is 2.73. The van der Waals surface area contributed by atoms with E-state index in [4.69, 9.17) is 5.11 Å². The molecule has 0 saturated heterocycles. The van der Waals surface area contributed by atoms with Crippen molar-refractivity contribution < 1.29 is 5.11 Å². The molecule has 0 atom stereocenters. The molecule has 0 bridgehead atoms. The third-order valence-electron chi connectivity index (χ3n) is 1.03. The van der Waals surface area contributed by atoms with Gasteiger partial charge < -0.3 is 5.11 Å². The van der Waals surface area contributed by atoms with Gasteiger partial charge in [0.1, 0.15) is 5.76 Å². The summed E-state index contributed by atoms with van der Waals surface area (Å²) >= 11 is 0. The van der Waals surface area contributed by atoms with Gasteiger partial charge in [0.2, 0.25) is 0 Å². The fourth-order valence-corrected chi connectivity index (χ4v) is 0.634. The van der Waals surface area contributed by atoms with Gasteiger partial charge in [-0.1, -0.05) is 5.73 Å². The van der Waals surface area contributed by atoms with Crippen LogP contribution in [0.4, 0.5) is 0 Å². The van der Waals surface area contributed by atoms with Gasteiger partial charge in [-0.05, 0) is 18.9 Å². The zero-order chi connectivity index (χ0) is 5.11. The van der Waals surface area contributed by atoms with Crippen LogP contribution in [0.1, 0.15) is 19.3 Å². The van der Waals surface area contributed by atoms with Crippen molar-refractivity contribution in [2.24, 2.45) is 0 Å². The molecule has 0 unspecified atom stereocenters. The molecule has 1 N–H and O–H groups in total. The van der Waals surface area contributed by atoms with E-state index in [1.165, 1.54) is 0 Å². The van der Waals surface area contributed by atoms with Crippen LogP contribution in [0.2, 0.25) is 0 Å². The molecule has 0 amide bonds. The van der Waals surface area contributed by atoms with E-state index in [2.05, 4.69) is 5.73 Å². The largest absolute Gasteiger partial charge is 0.505 e. The Kier molecular flexibility index (Phi) is 1.19. The smallest absolute Gasteiger partial charge is 0.134 e. The van der Waals surface area contributed by atoms with Gasteiger partial charge in [-0.25, -0.2) is 0 Å². The van der Waals surface area contributed by atoms with Crippen LogP contribution in [0, 0.1) is 0 Å². The van der Waals surface area contributed by atoms with E-state index >= 15 is 0 Å². The number of allylic oxidation sites excluding steroid dienone is 1. The molecule has 0 fully saturated rings. The maximum Gasteiger partial charge on any atom is 0.134 e. The number of rotatable bonds is 0. The average molecular weight is 96.1 g/mol. The van der Waals surface area contributed by atoms with Gasteiger partial charge in [-0.3, -0.25) is 0 Å². The molecule has 1 nitrogen and oxygen atoms in total. The van der Waals surface area contributed by atoms with Gasteiger partial charge in [-0.2, -0.15) is 0 Å². The highest BCUT2D eigenvalue weighted by molar-refractivity contribution is 4.96. The second kappa shape index (κ2) is 1.85. The first-order valence-electron chi connectivity index (χ1n) is 2.52. The fourth-order valence-electron chi connectivity index (χ4n) is 0.634. The average Bonchev–Trinajstić information content (AvgIpc) is 1.69. The monoisotopic (exact) mass is 96.1 g/mol. The van der Waals surface area contributed by atoms with Crippen molar-refractivity contribution in [1.82, 2.24) is 0 Å². The van der Waals surface area contributed by atoms with Crippen molar-refractivity contribution in [3.8, 4) is 0 Å². The maximum absolute atomic E-state index is 8.68. The lowest BCUT2D eigenvalue weighted by Gasteiger charge is -1.96. The van der Waals surface area contributed by atoms with Gasteiger partial charge in [0, 0.05) is 6.42 Å². The normalized spacial score (nSPS) is 19.1. The summed E-state index contributed by atoms with van der Waals surface area (Å²) in [5, 5.41) is 8.68. The quantitative estimate of drug-likeness (QED) is 0.455. The van der Waals surface area contributed by atoms with Gasteiger partial charge in [0.15, 0.2) is 0 Å². The van der Waals surface area contributed by atoms with Gasteiger partial charge in [0.05, 0.1) is 0 Å². The third kappa shape index (κ3) is 1.09. The predicted molar refractivity (Wildman–Crippen MR) is 28.1 cm³/mol. The van der Waals surface area contributed by atoms with Gasteiger partial charge in [-0.15, -0.1) is 0 Å². The van der Waals surface area contributed by atoms with E-state index in [-0.39, 0.29) is 0 Å². The van der Waals surface area contributed by atoms with Crippen molar-refractivity contribution in [2.75, 3.05) is 0 Å². The first-order valence-corrected chi connectivity index (χ1v) is 2.52. The van der Waals surface area contributed by atoms with Crippen molar-refractivity contribution in [3.05, 3.63) is 17.6 Å². The van der Waals surface area contributed by atoms with Crippen molar-refractivity contribution in [3.63, 3.8) is 0 Å². The number of hydrogen-bond acceptors (Lipinski definition) is 1. The van der Waals surface area contributed by atoms with E-state index in [0.717, 1.165) is 19.3 Å². The second-order valence-electron chi connectivity index (χ2n) is 1.69. The van der Waals surface area contributed by atoms with E-state index in [9.17, 15) is 0 Å². The van der Waals surface area contributed by atoms with Gasteiger partial charge >= 0.3 is 0 Å². The molecule has 0 aliphatic heterocycles. The van der Waals surface area contributed by atoms with Crippen LogP contribution < -0.4 is 0 Å². The Hall–Kier alpha value is -0.680. The second-order valence-corrected chi connectivity index (χ2v) is 1.69. The molecule has 1 rings (SSSR count). The minimum atomic E-state index is 0.409. The lowest BCUT2D eigenvalue weighted by molar-refractivity contribution is 0.382. The molecule has 0 saturated carbocycles. The summed E-state index contributed by atoms with van der Waals surface area (Å²) in [4.78, 5) is 0. The van der Waals surface area contributed by atoms with Crippen LogP contribution in [0.15, 0.2) is 17.6 Å². The van der Waals surface area contributed by atoms with Crippen LogP contribution in [0.3, 0.4) is 0 Å².